The Balaban J connectivity index is 2.34. The van der Waals surface area contributed by atoms with E-state index in [1.54, 1.807) is 0 Å². The lowest BCUT2D eigenvalue weighted by Crippen LogP contribution is -2.12. The molecule has 1 aromatic carbocycles. The van der Waals surface area contributed by atoms with Crippen LogP contribution >= 0.6 is 0 Å². The van der Waals surface area contributed by atoms with Crippen molar-refractivity contribution in [2.24, 2.45) is 0 Å². The SMILES string of the molecule is CC(=O)c1nc(Cc2c(C)cc(C(C)(C)C)cc2C)no1. The highest BCUT2D eigenvalue weighted by molar-refractivity contribution is 5.89. The van der Waals surface area contributed by atoms with E-state index in [0.29, 0.717) is 12.2 Å². The van der Waals surface area contributed by atoms with Crippen molar-refractivity contribution >= 4 is 5.78 Å². The van der Waals surface area contributed by atoms with Crippen molar-refractivity contribution in [2.45, 2.75) is 53.4 Å². The monoisotopic (exact) mass is 286 g/mol. The molecule has 21 heavy (non-hydrogen) atoms. The maximum Gasteiger partial charge on any atom is 0.293 e. The smallest absolute Gasteiger partial charge is 0.293 e. The van der Waals surface area contributed by atoms with Crippen molar-refractivity contribution in [3.63, 3.8) is 0 Å². The molecule has 0 saturated heterocycles. The van der Waals surface area contributed by atoms with Gasteiger partial charge in [-0.1, -0.05) is 38.1 Å². The number of aromatic nitrogens is 2. The van der Waals surface area contributed by atoms with Crippen LogP contribution in [0.15, 0.2) is 16.7 Å². The number of rotatable bonds is 3. The van der Waals surface area contributed by atoms with Crippen molar-refractivity contribution in [3.8, 4) is 0 Å². The summed E-state index contributed by atoms with van der Waals surface area (Å²) >= 11 is 0. The molecule has 0 aliphatic rings. The minimum Gasteiger partial charge on any atom is -0.331 e. The van der Waals surface area contributed by atoms with E-state index in [1.165, 1.54) is 29.2 Å². The number of nitrogens with zero attached hydrogens (tertiary/aromatic N) is 2. The predicted octanol–water partition coefficient (Wildman–Crippen LogP) is 3.78. The number of Topliss-reactive ketones (excluding diaryl/α,β-unsaturated/α-hetero) is 1. The van der Waals surface area contributed by atoms with Crippen LogP contribution in [0.5, 0.6) is 0 Å². The summed E-state index contributed by atoms with van der Waals surface area (Å²) in [5.41, 5.74) is 5.07. The van der Waals surface area contributed by atoms with Crippen LogP contribution in [0.25, 0.3) is 0 Å². The molecule has 112 valence electrons. The fraction of sp³-hybridized carbons (Fsp3) is 0.471. The zero-order valence-corrected chi connectivity index (χ0v) is 13.6. The van der Waals surface area contributed by atoms with Crippen LogP contribution in [0, 0.1) is 13.8 Å². The molecule has 0 saturated carbocycles. The molecule has 4 heteroatoms. The number of hydrogen-bond donors (Lipinski definition) is 0. The van der Waals surface area contributed by atoms with Gasteiger partial charge in [-0.15, -0.1) is 0 Å². The molecule has 0 N–H and O–H groups in total. The van der Waals surface area contributed by atoms with E-state index in [0.717, 1.165) is 0 Å². The minimum atomic E-state index is -0.203. The van der Waals surface area contributed by atoms with Crippen molar-refractivity contribution < 1.29 is 9.32 Å². The van der Waals surface area contributed by atoms with Gasteiger partial charge in [0.2, 0.25) is 5.78 Å². The summed E-state index contributed by atoms with van der Waals surface area (Å²) in [4.78, 5) is 15.3. The minimum absolute atomic E-state index is 0.0756. The molecule has 0 bridgehead atoms. The van der Waals surface area contributed by atoms with Crippen LogP contribution in [0.2, 0.25) is 0 Å². The van der Waals surface area contributed by atoms with Gasteiger partial charge in [0, 0.05) is 13.3 Å². The van der Waals surface area contributed by atoms with Crippen molar-refractivity contribution in [1.82, 2.24) is 10.1 Å². The maximum atomic E-state index is 11.2. The normalized spacial score (nSPS) is 11.7. The quantitative estimate of drug-likeness (QED) is 0.806. The highest BCUT2D eigenvalue weighted by atomic mass is 16.5. The molecule has 0 spiro atoms. The van der Waals surface area contributed by atoms with E-state index in [1.807, 2.05) is 0 Å². The lowest BCUT2D eigenvalue weighted by molar-refractivity contribution is 0.0972. The van der Waals surface area contributed by atoms with E-state index in [-0.39, 0.29) is 17.1 Å². The Kier molecular flexibility index (Phi) is 3.99. The average molecular weight is 286 g/mol. The standard InChI is InChI=1S/C17H22N2O2/c1-10-7-13(17(4,5)6)8-11(2)14(10)9-15-18-16(12(3)20)21-19-15/h7-8H,9H2,1-6H3. The number of hydrogen-bond acceptors (Lipinski definition) is 4. The third kappa shape index (κ3) is 3.38. The third-order valence-corrected chi connectivity index (χ3v) is 3.67. The Morgan fingerprint density at radius 3 is 2.19 bits per heavy atom. The molecule has 0 amide bonds. The zero-order chi connectivity index (χ0) is 15.8. The highest BCUT2D eigenvalue weighted by Crippen LogP contribution is 2.27. The molecular weight excluding hydrogens is 264 g/mol. The lowest BCUT2D eigenvalue weighted by atomic mass is 9.83. The fourth-order valence-electron chi connectivity index (χ4n) is 2.33. The van der Waals surface area contributed by atoms with Crippen molar-refractivity contribution in [1.29, 1.82) is 0 Å². The first-order valence-electron chi connectivity index (χ1n) is 7.12. The molecule has 0 aliphatic carbocycles. The maximum absolute atomic E-state index is 11.2. The second-order valence-electron chi connectivity index (χ2n) is 6.59. The third-order valence-electron chi connectivity index (χ3n) is 3.67. The summed E-state index contributed by atoms with van der Waals surface area (Å²) in [6.07, 6.45) is 0.582. The number of carbonyl (C=O) groups excluding carboxylic acids is 1. The van der Waals surface area contributed by atoms with Gasteiger partial charge in [0.1, 0.15) is 0 Å². The first-order chi connectivity index (χ1) is 9.68. The van der Waals surface area contributed by atoms with Gasteiger partial charge < -0.3 is 4.52 Å². The second-order valence-corrected chi connectivity index (χ2v) is 6.59. The summed E-state index contributed by atoms with van der Waals surface area (Å²) in [5.74, 6) is 0.423. The summed E-state index contributed by atoms with van der Waals surface area (Å²) in [6.45, 7) is 12.2. The molecule has 0 unspecified atom stereocenters. The van der Waals surface area contributed by atoms with Gasteiger partial charge in [0.05, 0.1) is 0 Å². The molecule has 0 aliphatic heterocycles. The second kappa shape index (κ2) is 5.43. The van der Waals surface area contributed by atoms with E-state index < -0.39 is 0 Å². The van der Waals surface area contributed by atoms with Gasteiger partial charge in [0.15, 0.2) is 5.82 Å². The van der Waals surface area contributed by atoms with Crippen LogP contribution in [-0.4, -0.2) is 15.9 Å². The van der Waals surface area contributed by atoms with E-state index in [9.17, 15) is 4.79 Å². The van der Waals surface area contributed by atoms with Crippen LogP contribution in [0.3, 0.4) is 0 Å². The molecule has 0 fully saturated rings. The molecule has 1 aromatic heterocycles. The van der Waals surface area contributed by atoms with Crippen LogP contribution in [0.4, 0.5) is 0 Å². The molecular formula is C17H22N2O2. The molecule has 0 atom stereocenters. The molecule has 2 rings (SSSR count). The van der Waals surface area contributed by atoms with Crippen molar-refractivity contribution in [2.75, 3.05) is 0 Å². The Bertz CT molecular complexity index is 655. The van der Waals surface area contributed by atoms with Gasteiger partial charge in [-0.3, -0.25) is 4.79 Å². The number of carbonyl (C=O) groups is 1. The summed E-state index contributed by atoms with van der Waals surface area (Å²) in [7, 11) is 0. The summed E-state index contributed by atoms with van der Waals surface area (Å²) < 4.78 is 4.95. The van der Waals surface area contributed by atoms with Crippen LogP contribution < -0.4 is 0 Å². The number of aryl methyl sites for hydroxylation is 2. The van der Waals surface area contributed by atoms with Gasteiger partial charge >= 0.3 is 0 Å². The summed E-state index contributed by atoms with van der Waals surface area (Å²) in [6, 6.07) is 4.43. The molecule has 0 radical (unpaired) electrons. The van der Waals surface area contributed by atoms with Gasteiger partial charge in [0.25, 0.3) is 5.89 Å². The topological polar surface area (TPSA) is 56.0 Å². The van der Waals surface area contributed by atoms with Gasteiger partial charge in [-0.05, 0) is 41.5 Å². The van der Waals surface area contributed by atoms with Crippen LogP contribution in [0.1, 0.15) is 66.5 Å². The largest absolute Gasteiger partial charge is 0.331 e. The van der Waals surface area contributed by atoms with E-state index in [2.05, 4.69) is 56.9 Å². The predicted molar refractivity (Wildman–Crippen MR) is 81.7 cm³/mol. The summed E-state index contributed by atoms with van der Waals surface area (Å²) in [5, 5.41) is 3.88. The highest BCUT2D eigenvalue weighted by Gasteiger charge is 2.18. The Morgan fingerprint density at radius 2 is 1.76 bits per heavy atom. The van der Waals surface area contributed by atoms with Gasteiger partial charge in [-0.25, -0.2) is 0 Å². The van der Waals surface area contributed by atoms with Crippen molar-refractivity contribution in [3.05, 3.63) is 46.1 Å². The first-order valence-corrected chi connectivity index (χ1v) is 7.12. The fourth-order valence-corrected chi connectivity index (χ4v) is 2.33. The van der Waals surface area contributed by atoms with E-state index in [4.69, 9.17) is 4.52 Å². The Morgan fingerprint density at radius 1 is 1.19 bits per heavy atom. The average Bonchev–Trinajstić information content (AvgIpc) is 2.81. The Labute approximate surface area is 125 Å². The molecule has 4 nitrogen and oxygen atoms in total. The Hall–Kier alpha value is -1.97. The zero-order valence-electron chi connectivity index (χ0n) is 13.6. The molecule has 2 aromatic rings. The lowest BCUT2D eigenvalue weighted by Gasteiger charge is -2.22. The number of benzene rings is 1. The van der Waals surface area contributed by atoms with E-state index >= 15 is 0 Å². The van der Waals surface area contributed by atoms with Crippen LogP contribution in [-0.2, 0) is 11.8 Å². The van der Waals surface area contributed by atoms with Gasteiger partial charge in [-0.2, -0.15) is 4.98 Å². The first kappa shape index (κ1) is 15.4. The molecule has 1 heterocycles. The number of ketones is 1.